The van der Waals surface area contributed by atoms with Crippen LogP contribution in [0.15, 0.2) is 42.7 Å². The van der Waals surface area contributed by atoms with Crippen LogP contribution in [-0.2, 0) is 0 Å². The van der Waals surface area contributed by atoms with E-state index in [9.17, 15) is 5.11 Å². The Hall–Kier alpha value is -1.89. The zero-order chi connectivity index (χ0) is 12.3. The molecule has 0 aliphatic heterocycles. The average Bonchev–Trinajstić information content (AvgIpc) is 2.39. The van der Waals surface area contributed by atoms with Crippen molar-refractivity contribution < 1.29 is 5.11 Å². The summed E-state index contributed by atoms with van der Waals surface area (Å²) in [6.45, 7) is 0. The molecule has 2 aromatic rings. The van der Waals surface area contributed by atoms with Gasteiger partial charge >= 0.3 is 0 Å². The Morgan fingerprint density at radius 3 is 2.53 bits per heavy atom. The van der Waals surface area contributed by atoms with Gasteiger partial charge in [-0.2, -0.15) is 5.26 Å². The number of hydrogen-bond acceptors (Lipinski definition) is 3. The van der Waals surface area contributed by atoms with Gasteiger partial charge in [0.25, 0.3) is 0 Å². The standard InChI is InChI=1S/C13H9ClN2O/c14-12-5-6-16-8-11(12)13(17)10-3-1-9(7-15)2-4-10/h1-6,8,13,17H/t13-/m0/s1. The second-order valence-corrected chi connectivity index (χ2v) is 3.94. The molecule has 4 heteroatoms. The molecule has 2 rings (SSSR count). The van der Waals surface area contributed by atoms with Crippen molar-refractivity contribution >= 4 is 11.6 Å². The molecule has 17 heavy (non-hydrogen) atoms. The molecular formula is C13H9ClN2O. The van der Waals surface area contributed by atoms with E-state index in [0.29, 0.717) is 21.7 Å². The number of nitrogens with zero attached hydrogens (tertiary/aromatic N) is 2. The lowest BCUT2D eigenvalue weighted by molar-refractivity contribution is 0.220. The third-order valence-electron chi connectivity index (χ3n) is 2.45. The third-order valence-corrected chi connectivity index (χ3v) is 2.79. The molecule has 0 fully saturated rings. The summed E-state index contributed by atoms with van der Waals surface area (Å²) >= 11 is 5.98. The number of halogens is 1. The molecule has 0 amide bonds. The Labute approximate surface area is 104 Å². The fraction of sp³-hybridized carbons (Fsp3) is 0.0769. The Bertz CT molecular complexity index is 560. The molecule has 0 unspecified atom stereocenters. The Kier molecular flexibility index (Phi) is 3.38. The van der Waals surface area contributed by atoms with Gasteiger partial charge in [-0.1, -0.05) is 23.7 Å². The van der Waals surface area contributed by atoms with Crippen LogP contribution in [0.1, 0.15) is 22.8 Å². The smallest absolute Gasteiger partial charge is 0.107 e. The summed E-state index contributed by atoms with van der Waals surface area (Å²) in [5, 5.41) is 19.3. The number of pyridine rings is 1. The van der Waals surface area contributed by atoms with Gasteiger partial charge in [-0.15, -0.1) is 0 Å². The highest BCUT2D eigenvalue weighted by molar-refractivity contribution is 6.31. The van der Waals surface area contributed by atoms with E-state index in [4.69, 9.17) is 16.9 Å². The van der Waals surface area contributed by atoms with Crippen molar-refractivity contribution in [2.75, 3.05) is 0 Å². The van der Waals surface area contributed by atoms with Gasteiger partial charge in [0, 0.05) is 23.0 Å². The largest absolute Gasteiger partial charge is 0.384 e. The average molecular weight is 245 g/mol. The van der Waals surface area contributed by atoms with Crippen LogP contribution in [0.5, 0.6) is 0 Å². The molecule has 3 nitrogen and oxygen atoms in total. The lowest BCUT2D eigenvalue weighted by Gasteiger charge is -2.12. The summed E-state index contributed by atoms with van der Waals surface area (Å²) in [6, 6.07) is 10.4. The number of nitriles is 1. The second-order valence-electron chi connectivity index (χ2n) is 3.53. The van der Waals surface area contributed by atoms with Gasteiger partial charge in [-0.25, -0.2) is 0 Å². The van der Waals surface area contributed by atoms with Gasteiger partial charge in [0.2, 0.25) is 0 Å². The van der Waals surface area contributed by atoms with Crippen molar-refractivity contribution in [3.63, 3.8) is 0 Å². The van der Waals surface area contributed by atoms with Crippen LogP contribution < -0.4 is 0 Å². The van der Waals surface area contributed by atoms with Crippen LogP contribution >= 0.6 is 11.6 Å². The maximum absolute atomic E-state index is 10.1. The molecule has 0 aliphatic rings. The SMILES string of the molecule is N#Cc1ccc([C@H](O)c2cnccc2Cl)cc1. The summed E-state index contributed by atoms with van der Waals surface area (Å²) in [5.41, 5.74) is 1.79. The molecule has 1 atom stereocenters. The maximum Gasteiger partial charge on any atom is 0.107 e. The number of benzene rings is 1. The second kappa shape index (κ2) is 4.96. The molecule has 0 saturated carbocycles. The van der Waals surface area contributed by atoms with E-state index in [1.165, 1.54) is 6.20 Å². The van der Waals surface area contributed by atoms with Gasteiger partial charge in [-0.05, 0) is 23.8 Å². The Morgan fingerprint density at radius 1 is 1.24 bits per heavy atom. The number of aromatic nitrogens is 1. The van der Waals surface area contributed by atoms with Crippen LogP contribution in [0, 0.1) is 11.3 Å². The number of aliphatic hydroxyl groups is 1. The minimum absolute atomic E-state index is 0.469. The van der Waals surface area contributed by atoms with E-state index in [-0.39, 0.29) is 0 Å². The number of rotatable bonds is 2. The van der Waals surface area contributed by atoms with Gasteiger partial charge in [0.05, 0.1) is 11.6 Å². The first-order valence-corrected chi connectivity index (χ1v) is 5.37. The molecule has 0 spiro atoms. The third kappa shape index (κ3) is 2.44. The Balaban J connectivity index is 2.34. The van der Waals surface area contributed by atoms with Crippen molar-refractivity contribution in [2.24, 2.45) is 0 Å². The highest BCUT2D eigenvalue weighted by Gasteiger charge is 2.13. The lowest BCUT2D eigenvalue weighted by Crippen LogP contribution is -2.01. The summed E-state index contributed by atoms with van der Waals surface area (Å²) in [7, 11) is 0. The van der Waals surface area contributed by atoms with Crippen molar-refractivity contribution in [1.82, 2.24) is 4.98 Å². The van der Waals surface area contributed by atoms with Crippen LogP contribution in [0.4, 0.5) is 0 Å². The maximum atomic E-state index is 10.1. The van der Waals surface area contributed by atoms with Gasteiger partial charge in [0.15, 0.2) is 0 Å². The fourth-order valence-electron chi connectivity index (χ4n) is 1.51. The van der Waals surface area contributed by atoms with Gasteiger partial charge in [0.1, 0.15) is 6.10 Å². The van der Waals surface area contributed by atoms with E-state index < -0.39 is 6.10 Å². The normalized spacial score (nSPS) is 11.8. The molecular weight excluding hydrogens is 236 g/mol. The van der Waals surface area contributed by atoms with E-state index in [2.05, 4.69) is 4.98 Å². The van der Waals surface area contributed by atoms with Crippen molar-refractivity contribution in [2.45, 2.75) is 6.10 Å². The predicted molar refractivity (Wildman–Crippen MR) is 64.5 cm³/mol. The molecule has 1 aromatic heterocycles. The topological polar surface area (TPSA) is 56.9 Å². The first-order valence-electron chi connectivity index (χ1n) is 5.00. The summed E-state index contributed by atoms with van der Waals surface area (Å²) in [6.07, 6.45) is 2.27. The Morgan fingerprint density at radius 2 is 1.94 bits per heavy atom. The molecule has 1 aromatic carbocycles. The quantitative estimate of drug-likeness (QED) is 0.884. The monoisotopic (exact) mass is 244 g/mol. The van der Waals surface area contributed by atoms with Gasteiger partial charge < -0.3 is 5.11 Å². The van der Waals surface area contributed by atoms with Gasteiger partial charge in [-0.3, -0.25) is 4.98 Å². The molecule has 1 N–H and O–H groups in total. The van der Waals surface area contributed by atoms with E-state index >= 15 is 0 Å². The van der Waals surface area contributed by atoms with Crippen molar-refractivity contribution in [3.8, 4) is 6.07 Å². The van der Waals surface area contributed by atoms with Crippen LogP contribution in [-0.4, -0.2) is 10.1 Å². The lowest BCUT2D eigenvalue weighted by atomic mass is 10.0. The molecule has 0 radical (unpaired) electrons. The summed E-state index contributed by atoms with van der Waals surface area (Å²) in [4.78, 5) is 3.93. The van der Waals surface area contributed by atoms with E-state index in [1.54, 1.807) is 36.5 Å². The fourth-order valence-corrected chi connectivity index (χ4v) is 1.72. The van der Waals surface area contributed by atoms with Crippen molar-refractivity contribution in [1.29, 1.82) is 5.26 Å². The number of hydrogen-bond donors (Lipinski definition) is 1. The minimum atomic E-state index is -0.830. The summed E-state index contributed by atoms with van der Waals surface area (Å²) in [5.74, 6) is 0. The predicted octanol–water partition coefficient (Wildman–Crippen LogP) is 2.69. The molecule has 1 heterocycles. The molecule has 0 saturated heterocycles. The highest BCUT2D eigenvalue weighted by Crippen LogP contribution is 2.27. The summed E-state index contributed by atoms with van der Waals surface area (Å²) < 4.78 is 0. The minimum Gasteiger partial charge on any atom is -0.384 e. The zero-order valence-electron chi connectivity index (χ0n) is 8.84. The van der Waals surface area contributed by atoms with E-state index in [0.717, 1.165) is 0 Å². The zero-order valence-corrected chi connectivity index (χ0v) is 9.59. The van der Waals surface area contributed by atoms with Crippen molar-refractivity contribution in [3.05, 3.63) is 64.4 Å². The number of aliphatic hydroxyl groups excluding tert-OH is 1. The molecule has 0 bridgehead atoms. The molecule has 84 valence electrons. The first-order chi connectivity index (χ1) is 8.22. The first kappa shape index (κ1) is 11.6. The highest BCUT2D eigenvalue weighted by atomic mass is 35.5. The molecule has 0 aliphatic carbocycles. The van der Waals surface area contributed by atoms with E-state index in [1.807, 2.05) is 6.07 Å². The van der Waals surface area contributed by atoms with Crippen LogP contribution in [0.2, 0.25) is 5.02 Å². The van der Waals surface area contributed by atoms with Crippen LogP contribution in [0.3, 0.4) is 0 Å². The van der Waals surface area contributed by atoms with Crippen LogP contribution in [0.25, 0.3) is 0 Å².